The smallest absolute Gasteiger partial charge is 0.420 e. The van der Waals surface area contributed by atoms with Gasteiger partial charge in [-0.05, 0) is 18.1 Å². The summed E-state index contributed by atoms with van der Waals surface area (Å²) in [4.78, 5) is 10.8. The molecule has 2 nitrogen and oxygen atoms in total. The SMILES string of the molecule is CC(C)COc1c(C=O)cc(Br)cc1C(F)(F)F. The predicted molar refractivity (Wildman–Crippen MR) is 64.9 cm³/mol. The number of hydrogen-bond acceptors (Lipinski definition) is 2. The highest BCUT2D eigenvalue weighted by molar-refractivity contribution is 9.10. The highest BCUT2D eigenvalue weighted by atomic mass is 79.9. The molecule has 6 heteroatoms. The van der Waals surface area contributed by atoms with Crippen LogP contribution in [0, 0.1) is 5.92 Å². The molecule has 1 rings (SSSR count). The molecule has 0 aliphatic heterocycles. The number of hydrogen-bond donors (Lipinski definition) is 0. The van der Waals surface area contributed by atoms with Crippen LogP contribution in [0.15, 0.2) is 16.6 Å². The van der Waals surface area contributed by atoms with Crippen LogP contribution in [0.3, 0.4) is 0 Å². The molecule has 18 heavy (non-hydrogen) atoms. The zero-order chi connectivity index (χ0) is 13.9. The van der Waals surface area contributed by atoms with Gasteiger partial charge in [-0.1, -0.05) is 29.8 Å². The first kappa shape index (κ1) is 15.0. The van der Waals surface area contributed by atoms with E-state index in [9.17, 15) is 18.0 Å². The Hall–Kier alpha value is -1.04. The first-order valence-corrected chi connectivity index (χ1v) is 6.03. The summed E-state index contributed by atoms with van der Waals surface area (Å²) >= 11 is 2.95. The van der Waals surface area contributed by atoms with E-state index >= 15 is 0 Å². The number of ether oxygens (including phenoxy) is 1. The minimum absolute atomic E-state index is 0.0641. The number of carbonyl (C=O) groups is 1. The molecule has 0 bridgehead atoms. The molecule has 0 heterocycles. The number of aldehydes is 1. The highest BCUT2D eigenvalue weighted by Gasteiger charge is 2.36. The summed E-state index contributed by atoms with van der Waals surface area (Å²) in [6, 6.07) is 2.21. The van der Waals surface area contributed by atoms with Crippen molar-refractivity contribution in [1.82, 2.24) is 0 Å². The summed E-state index contributed by atoms with van der Waals surface area (Å²) in [5.74, 6) is -0.344. The van der Waals surface area contributed by atoms with Crippen LogP contribution in [0.1, 0.15) is 29.8 Å². The Balaban J connectivity index is 3.29. The van der Waals surface area contributed by atoms with Gasteiger partial charge in [0.2, 0.25) is 0 Å². The predicted octanol–water partition coefficient (Wildman–Crippen LogP) is 4.32. The fraction of sp³-hybridized carbons (Fsp3) is 0.417. The molecule has 0 spiro atoms. The zero-order valence-electron chi connectivity index (χ0n) is 9.84. The average Bonchev–Trinajstić information content (AvgIpc) is 2.24. The molecule has 0 atom stereocenters. The zero-order valence-corrected chi connectivity index (χ0v) is 11.4. The number of benzene rings is 1. The lowest BCUT2D eigenvalue weighted by molar-refractivity contribution is -0.139. The molecule has 0 saturated carbocycles. The van der Waals surface area contributed by atoms with Crippen LogP contribution < -0.4 is 4.74 Å². The molecule has 0 saturated heterocycles. The van der Waals surface area contributed by atoms with Gasteiger partial charge >= 0.3 is 6.18 Å². The van der Waals surface area contributed by atoms with Crippen molar-refractivity contribution in [3.8, 4) is 5.75 Å². The second-order valence-electron chi connectivity index (χ2n) is 4.19. The molecule has 0 unspecified atom stereocenters. The van der Waals surface area contributed by atoms with E-state index in [2.05, 4.69) is 15.9 Å². The van der Waals surface area contributed by atoms with Crippen molar-refractivity contribution in [1.29, 1.82) is 0 Å². The van der Waals surface area contributed by atoms with Crippen LogP contribution in [0.25, 0.3) is 0 Å². The number of rotatable bonds is 4. The third-order valence-electron chi connectivity index (χ3n) is 2.08. The van der Waals surface area contributed by atoms with E-state index in [0.29, 0.717) is 6.29 Å². The van der Waals surface area contributed by atoms with Crippen molar-refractivity contribution in [2.45, 2.75) is 20.0 Å². The third-order valence-corrected chi connectivity index (χ3v) is 2.53. The molecule has 0 aromatic heterocycles. The van der Waals surface area contributed by atoms with Crippen molar-refractivity contribution in [2.75, 3.05) is 6.61 Å². The molecule has 0 aliphatic carbocycles. The van der Waals surface area contributed by atoms with Gasteiger partial charge in [0.15, 0.2) is 6.29 Å². The van der Waals surface area contributed by atoms with Crippen LogP contribution in [0.4, 0.5) is 13.2 Å². The lowest BCUT2D eigenvalue weighted by Crippen LogP contribution is -2.13. The fourth-order valence-electron chi connectivity index (χ4n) is 1.32. The summed E-state index contributed by atoms with van der Waals surface area (Å²) in [6.45, 7) is 3.74. The molecular formula is C12H12BrF3O2. The summed E-state index contributed by atoms with van der Waals surface area (Å²) in [5, 5.41) is 0. The Kier molecular flexibility index (Phi) is 4.78. The summed E-state index contributed by atoms with van der Waals surface area (Å²) in [7, 11) is 0. The summed E-state index contributed by atoms with van der Waals surface area (Å²) < 4.78 is 43.9. The van der Waals surface area contributed by atoms with Crippen LogP contribution in [-0.4, -0.2) is 12.9 Å². The Morgan fingerprint density at radius 2 is 2.00 bits per heavy atom. The minimum atomic E-state index is -4.56. The molecule has 100 valence electrons. The van der Waals surface area contributed by atoms with E-state index in [-0.39, 0.29) is 22.6 Å². The summed E-state index contributed by atoms with van der Waals surface area (Å²) in [5.41, 5.74) is -1.06. The lowest BCUT2D eigenvalue weighted by Gasteiger charge is -2.17. The van der Waals surface area contributed by atoms with Gasteiger partial charge in [0.25, 0.3) is 0 Å². The number of carbonyl (C=O) groups excluding carboxylic acids is 1. The van der Waals surface area contributed by atoms with E-state index in [0.717, 1.165) is 6.07 Å². The van der Waals surface area contributed by atoms with Gasteiger partial charge in [-0.3, -0.25) is 4.79 Å². The topological polar surface area (TPSA) is 26.3 Å². The lowest BCUT2D eigenvalue weighted by atomic mass is 10.1. The van der Waals surface area contributed by atoms with E-state index in [1.54, 1.807) is 0 Å². The third kappa shape index (κ3) is 3.73. The molecule has 1 aromatic rings. The van der Waals surface area contributed by atoms with Crippen molar-refractivity contribution in [2.24, 2.45) is 5.92 Å². The molecule has 0 amide bonds. The Morgan fingerprint density at radius 1 is 1.39 bits per heavy atom. The van der Waals surface area contributed by atoms with Crippen LogP contribution in [-0.2, 0) is 6.18 Å². The maximum Gasteiger partial charge on any atom is 0.420 e. The van der Waals surface area contributed by atoms with Gasteiger partial charge < -0.3 is 4.74 Å². The Morgan fingerprint density at radius 3 is 2.44 bits per heavy atom. The van der Waals surface area contributed by atoms with Crippen LogP contribution in [0.2, 0.25) is 0 Å². The highest BCUT2D eigenvalue weighted by Crippen LogP contribution is 2.40. The summed E-state index contributed by atoms with van der Waals surface area (Å²) in [6.07, 6.45) is -4.20. The molecule has 0 aliphatic rings. The molecule has 0 radical (unpaired) electrons. The molecular weight excluding hydrogens is 313 g/mol. The van der Waals surface area contributed by atoms with Crippen molar-refractivity contribution >= 4 is 22.2 Å². The largest absolute Gasteiger partial charge is 0.492 e. The molecule has 1 aromatic carbocycles. The van der Waals surface area contributed by atoms with E-state index in [4.69, 9.17) is 4.74 Å². The van der Waals surface area contributed by atoms with Gasteiger partial charge in [-0.2, -0.15) is 13.2 Å². The van der Waals surface area contributed by atoms with E-state index < -0.39 is 17.5 Å². The van der Waals surface area contributed by atoms with E-state index in [1.807, 2.05) is 13.8 Å². The quantitative estimate of drug-likeness (QED) is 0.771. The fourth-order valence-corrected chi connectivity index (χ4v) is 1.80. The van der Waals surface area contributed by atoms with Gasteiger partial charge in [0.05, 0.1) is 17.7 Å². The van der Waals surface area contributed by atoms with Crippen LogP contribution >= 0.6 is 15.9 Å². The first-order valence-electron chi connectivity index (χ1n) is 5.24. The minimum Gasteiger partial charge on any atom is -0.492 e. The maximum absolute atomic E-state index is 12.9. The maximum atomic E-state index is 12.9. The van der Waals surface area contributed by atoms with Gasteiger partial charge in [-0.15, -0.1) is 0 Å². The van der Waals surface area contributed by atoms with Crippen LogP contribution in [0.5, 0.6) is 5.75 Å². The first-order chi connectivity index (χ1) is 8.25. The van der Waals surface area contributed by atoms with Gasteiger partial charge in [-0.25, -0.2) is 0 Å². The Bertz CT molecular complexity index is 442. The second kappa shape index (κ2) is 5.73. The Labute approximate surface area is 111 Å². The normalized spacial score (nSPS) is 11.7. The van der Waals surface area contributed by atoms with E-state index in [1.165, 1.54) is 6.07 Å². The second-order valence-corrected chi connectivity index (χ2v) is 5.11. The standard InChI is InChI=1S/C12H12BrF3O2/c1-7(2)6-18-11-8(5-17)3-9(13)4-10(11)12(14,15)16/h3-5,7H,6H2,1-2H3. The van der Waals surface area contributed by atoms with Gasteiger partial charge in [0.1, 0.15) is 5.75 Å². The average molecular weight is 325 g/mol. The molecule has 0 N–H and O–H groups in total. The van der Waals surface area contributed by atoms with Gasteiger partial charge in [0, 0.05) is 4.47 Å². The molecule has 0 fully saturated rings. The monoisotopic (exact) mass is 324 g/mol. The number of alkyl halides is 3. The van der Waals surface area contributed by atoms with Crippen molar-refractivity contribution < 1.29 is 22.7 Å². The number of halogens is 4. The van der Waals surface area contributed by atoms with Crippen molar-refractivity contribution in [3.63, 3.8) is 0 Å². The van der Waals surface area contributed by atoms with Crippen molar-refractivity contribution in [3.05, 3.63) is 27.7 Å².